The van der Waals surface area contributed by atoms with E-state index >= 15 is 0 Å². The van der Waals surface area contributed by atoms with Gasteiger partial charge in [-0.15, -0.1) is 0 Å². The minimum absolute atomic E-state index is 0.128. The first kappa shape index (κ1) is 16.3. The van der Waals surface area contributed by atoms with Crippen LogP contribution in [0.5, 0.6) is 0 Å². The molecule has 3 aromatic rings. The van der Waals surface area contributed by atoms with Crippen molar-refractivity contribution >= 4 is 20.9 Å². The number of nitrogens with zero attached hydrogens (tertiary/aromatic N) is 2. The van der Waals surface area contributed by atoms with Crippen LogP contribution in [0.1, 0.15) is 11.4 Å². The Bertz CT molecular complexity index is 1100. The van der Waals surface area contributed by atoms with Crippen molar-refractivity contribution in [3.8, 4) is 5.69 Å². The molecule has 0 bridgehead atoms. The van der Waals surface area contributed by atoms with Gasteiger partial charge in [-0.05, 0) is 36.8 Å². The van der Waals surface area contributed by atoms with Gasteiger partial charge in [0.25, 0.3) is 5.56 Å². The number of sulfonamides is 1. The number of fused-ring (bicyclic) bond motifs is 1. The molecule has 4 N–H and O–H groups in total. The zero-order valence-electron chi connectivity index (χ0n) is 12.9. The van der Waals surface area contributed by atoms with Gasteiger partial charge in [-0.3, -0.25) is 9.36 Å². The van der Waals surface area contributed by atoms with Crippen molar-refractivity contribution in [3.63, 3.8) is 0 Å². The molecule has 3 rings (SSSR count). The van der Waals surface area contributed by atoms with Gasteiger partial charge in [0.05, 0.1) is 21.5 Å². The Kier molecular flexibility index (Phi) is 3.96. The topological polar surface area (TPSA) is 121 Å². The molecule has 0 fully saturated rings. The van der Waals surface area contributed by atoms with Crippen LogP contribution in [-0.2, 0) is 16.6 Å². The molecule has 0 aliphatic heterocycles. The highest BCUT2D eigenvalue weighted by Gasteiger charge is 2.15. The van der Waals surface area contributed by atoms with Crippen molar-refractivity contribution in [2.75, 3.05) is 0 Å². The van der Waals surface area contributed by atoms with Crippen LogP contribution in [0.25, 0.3) is 16.6 Å². The molecule has 0 radical (unpaired) electrons. The maximum absolute atomic E-state index is 12.9. The lowest BCUT2D eigenvalue weighted by atomic mass is 10.1. The standard InChI is InChI=1S/C16H16N4O3S/c1-10-19-14-7-6-12(24(18,22)23)8-13(14)16(21)20(10)15-5-3-2-4-11(15)9-17/h2-8H,9,17H2,1H3,(H2,18,22,23). The van der Waals surface area contributed by atoms with E-state index in [0.29, 0.717) is 17.0 Å². The third-order valence-electron chi connectivity index (χ3n) is 3.79. The van der Waals surface area contributed by atoms with Crippen LogP contribution >= 0.6 is 0 Å². The summed E-state index contributed by atoms with van der Waals surface area (Å²) in [6.45, 7) is 1.97. The highest BCUT2D eigenvalue weighted by atomic mass is 32.2. The SMILES string of the molecule is Cc1nc2ccc(S(N)(=O)=O)cc2c(=O)n1-c1ccccc1CN. The number of aromatic nitrogens is 2. The smallest absolute Gasteiger partial charge is 0.266 e. The number of hydrogen-bond donors (Lipinski definition) is 2. The largest absolute Gasteiger partial charge is 0.326 e. The van der Waals surface area contributed by atoms with Crippen molar-refractivity contribution in [2.24, 2.45) is 10.9 Å². The molecule has 1 aromatic heterocycles. The molecule has 0 unspecified atom stereocenters. The van der Waals surface area contributed by atoms with Gasteiger partial charge in [-0.25, -0.2) is 18.5 Å². The number of nitrogens with two attached hydrogens (primary N) is 2. The van der Waals surface area contributed by atoms with E-state index in [1.54, 1.807) is 19.1 Å². The highest BCUT2D eigenvalue weighted by Crippen LogP contribution is 2.18. The first-order valence-corrected chi connectivity index (χ1v) is 8.72. The predicted molar refractivity (Wildman–Crippen MR) is 91.3 cm³/mol. The van der Waals surface area contributed by atoms with Crippen LogP contribution in [0.4, 0.5) is 0 Å². The molecule has 0 saturated carbocycles. The normalized spacial score (nSPS) is 11.8. The summed E-state index contributed by atoms with van der Waals surface area (Å²) in [5, 5.41) is 5.33. The third kappa shape index (κ3) is 2.71. The summed E-state index contributed by atoms with van der Waals surface area (Å²) in [6.07, 6.45) is 0. The maximum atomic E-state index is 12.9. The molecular formula is C16H16N4O3S. The molecule has 0 spiro atoms. The van der Waals surface area contributed by atoms with E-state index < -0.39 is 10.0 Å². The van der Waals surface area contributed by atoms with Crippen molar-refractivity contribution in [1.29, 1.82) is 0 Å². The van der Waals surface area contributed by atoms with Gasteiger partial charge in [0, 0.05) is 6.54 Å². The zero-order valence-corrected chi connectivity index (χ0v) is 13.7. The third-order valence-corrected chi connectivity index (χ3v) is 4.70. The van der Waals surface area contributed by atoms with Gasteiger partial charge in [-0.1, -0.05) is 18.2 Å². The molecule has 0 aliphatic carbocycles. The van der Waals surface area contributed by atoms with E-state index in [9.17, 15) is 13.2 Å². The second kappa shape index (κ2) is 5.82. The number of para-hydroxylation sites is 1. The first-order valence-electron chi connectivity index (χ1n) is 7.17. The Morgan fingerprint density at radius 2 is 1.88 bits per heavy atom. The summed E-state index contributed by atoms with van der Waals surface area (Å²) in [6, 6.07) is 11.3. The summed E-state index contributed by atoms with van der Waals surface area (Å²) >= 11 is 0. The minimum atomic E-state index is -3.91. The van der Waals surface area contributed by atoms with Gasteiger partial charge < -0.3 is 5.73 Å². The lowest BCUT2D eigenvalue weighted by molar-refractivity contribution is 0.598. The zero-order chi connectivity index (χ0) is 17.5. The predicted octanol–water partition coefficient (Wildman–Crippen LogP) is 0.800. The Morgan fingerprint density at radius 1 is 1.17 bits per heavy atom. The summed E-state index contributed by atoms with van der Waals surface area (Å²) in [5.74, 6) is 0.483. The summed E-state index contributed by atoms with van der Waals surface area (Å²) in [7, 11) is -3.91. The van der Waals surface area contributed by atoms with E-state index in [-0.39, 0.29) is 22.4 Å². The number of rotatable bonds is 3. The van der Waals surface area contributed by atoms with Crippen LogP contribution in [0.3, 0.4) is 0 Å². The Balaban J connectivity index is 2.40. The van der Waals surface area contributed by atoms with Gasteiger partial charge in [0.15, 0.2) is 0 Å². The van der Waals surface area contributed by atoms with E-state index in [1.165, 1.54) is 22.8 Å². The summed E-state index contributed by atoms with van der Waals surface area (Å²) < 4.78 is 24.5. The number of primary sulfonamides is 1. The second-order valence-corrected chi connectivity index (χ2v) is 6.92. The van der Waals surface area contributed by atoms with Gasteiger partial charge in [0.1, 0.15) is 5.82 Å². The van der Waals surface area contributed by atoms with Crippen LogP contribution in [0.2, 0.25) is 0 Å². The molecule has 0 aliphatic rings. The average molecular weight is 344 g/mol. The highest BCUT2D eigenvalue weighted by molar-refractivity contribution is 7.89. The van der Waals surface area contributed by atoms with Crippen LogP contribution < -0.4 is 16.4 Å². The fourth-order valence-electron chi connectivity index (χ4n) is 2.64. The monoisotopic (exact) mass is 344 g/mol. The summed E-state index contributed by atoms with van der Waals surface area (Å²) in [4.78, 5) is 17.2. The molecule has 24 heavy (non-hydrogen) atoms. The Hall–Kier alpha value is -2.55. The van der Waals surface area contributed by atoms with E-state index in [0.717, 1.165) is 5.56 Å². The van der Waals surface area contributed by atoms with Crippen molar-refractivity contribution in [3.05, 3.63) is 64.2 Å². The molecule has 7 nitrogen and oxygen atoms in total. The number of hydrogen-bond acceptors (Lipinski definition) is 5. The van der Waals surface area contributed by atoms with Gasteiger partial charge in [0.2, 0.25) is 10.0 Å². The fourth-order valence-corrected chi connectivity index (χ4v) is 3.18. The van der Waals surface area contributed by atoms with Crippen molar-refractivity contribution in [1.82, 2.24) is 9.55 Å². The van der Waals surface area contributed by atoms with E-state index in [1.807, 2.05) is 12.1 Å². The molecule has 0 atom stereocenters. The molecular weight excluding hydrogens is 328 g/mol. The van der Waals surface area contributed by atoms with Gasteiger partial charge in [-0.2, -0.15) is 0 Å². The van der Waals surface area contributed by atoms with E-state index in [2.05, 4.69) is 4.98 Å². The quantitative estimate of drug-likeness (QED) is 0.728. The molecule has 0 amide bonds. The Labute approximate surface area is 138 Å². The fraction of sp³-hybridized carbons (Fsp3) is 0.125. The average Bonchev–Trinajstić information content (AvgIpc) is 2.54. The maximum Gasteiger partial charge on any atom is 0.266 e. The van der Waals surface area contributed by atoms with Crippen LogP contribution in [0.15, 0.2) is 52.2 Å². The second-order valence-electron chi connectivity index (χ2n) is 5.36. The molecule has 1 heterocycles. The Morgan fingerprint density at radius 3 is 2.54 bits per heavy atom. The van der Waals surface area contributed by atoms with Gasteiger partial charge >= 0.3 is 0 Å². The first-order chi connectivity index (χ1) is 11.3. The van der Waals surface area contributed by atoms with Crippen LogP contribution in [0, 0.1) is 6.92 Å². The number of benzene rings is 2. The van der Waals surface area contributed by atoms with Crippen molar-refractivity contribution in [2.45, 2.75) is 18.4 Å². The van der Waals surface area contributed by atoms with Crippen molar-refractivity contribution < 1.29 is 8.42 Å². The molecule has 2 aromatic carbocycles. The molecule has 0 saturated heterocycles. The van der Waals surface area contributed by atoms with E-state index in [4.69, 9.17) is 10.9 Å². The summed E-state index contributed by atoms with van der Waals surface area (Å²) in [5.41, 5.74) is 7.19. The molecule has 124 valence electrons. The van der Waals surface area contributed by atoms with Crippen LogP contribution in [-0.4, -0.2) is 18.0 Å². The number of aryl methyl sites for hydroxylation is 1. The lowest BCUT2D eigenvalue weighted by Crippen LogP contribution is -2.24. The minimum Gasteiger partial charge on any atom is -0.326 e. The molecule has 8 heteroatoms. The lowest BCUT2D eigenvalue weighted by Gasteiger charge is -2.14.